The summed E-state index contributed by atoms with van der Waals surface area (Å²) < 4.78 is 0. The fourth-order valence-electron chi connectivity index (χ4n) is 1.66. The highest BCUT2D eigenvalue weighted by Crippen LogP contribution is 2.24. The Hall–Kier alpha value is -0.260. The molecule has 1 aliphatic rings. The summed E-state index contributed by atoms with van der Waals surface area (Å²) in [6.45, 7) is 14.2. The lowest BCUT2D eigenvalue weighted by atomic mass is 9.89. The lowest BCUT2D eigenvalue weighted by Crippen LogP contribution is -2.02. The summed E-state index contributed by atoms with van der Waals surface area (Å²) in [6.07, 6.45) is 13.2. The quantitative estimate of drug-likeness (QED) is 0.466. The molecular weight excluding hydrogens is 192 g/mol. The van der Waals surface area contributed by atoms with Crippen molar-refractivity contribution in [3.8, 4) is 0 Å². The van der Waals surface area contributed by atoms with Crippen LogP contribution >= 0.6 is 0 Å². The molecule has 0 aliphatic heterocycles. The molecule has 1 rings (SSSR count). The summed E-state index contributed by atoms with van der Waals surface area (Å²) in [5.41, 5.74) is 0. The van der Waals surface area contributed by atoms with E-state index in [1.54, 1.807) is 0 Å². The SMILES string of the molecule is CC.CC.CC.CCC=CC1CCCCC1. The molecule has 1 saturated carbocycles. The van der Waals surface area contributed by atoms with E-state index in [9.17, 15) is 0 Å². The van der Waals surface area contributed by atoms with Crippen molar-refractivity contribution in [3.05, 3.63) is 12.2 Å². The van der Waals surface area contributed by atoms with Gasteiger partial charge in [0.1, 0.15) is 0 Å². The van der Waals surface area contributed by atoms with Gasteiger partial charge in [-0.25, -0.2) is 0 Å². The van der Waals surface area contributed by atoms with E-state index in [4.69, 9.17) is 0 Å². The number of hydrogen-bond donors (Lipinski definition) is 0. The van der Waals surface area contributed by atoms with Crippen molar-refractivity contribution >= 4 is 0 Å². The van der Waals surface area contributed by atoms with Crippen molar-refractivity contribution in [1.82, 2.24) is 0 Å². The number of rotatable bonds is 2. The molecule has 0 heterocycles. The molecular formula is C16H36. The average Bonchev–Trinajstić information content (AvgIpc) is 2.44. The molecule has 0 radical (unpaired) electrons. The second-order valence-corrected chi connectivity index (χ2v) is 3.23. The van der Waals surface area contributed by atoms with Gasteiger partial charge < -0.3 is 0 Å². The maximum absolute atomic E-state index is 2.42. The van der Waals surface area contributed by atoms with Crippen LogP contribution in [0.3, 0.4) is 0 Å². The Labute approximate surface area is 106 Å². The summed E-state index contributed by atoms with van der Waals surface area (Å²) in [5.74, 6) is 0.925. The molecule has 16 heavy (non-hydrogen) atoms. The molecule has 1 fully saturated rings. The summed E-state index contributed by atoms with van der Waals surface area (Å²) >= 11 is 0. The van der Waals surface area contributed by atoms with Crippen LogP contribution in [0.15, 0.2) is 12.2 Å². The topological polar surface area (TPSA) is 0 Å². The highest BCUT2D eigenvalue weighted by molar-refractivity contribution is 4.88. The first-order valence-corrected chi connectivity index (χ1v) is 7.60. The Balaban J connectivity index is -0.000000245. The largest absolute Gasteiger partial charge is 0.0885 e. The highest BCUT2D eigenvalue weighted by atomic mass is 14.1. The highest BCUT2D eigenvalue weighted by Gasteiger charge is 2.08. The second-order valence-electron chi connectivity index (χ2n) is 3.23. The molecule has 1 aliphatic carbocycles. The van der Waals surface area contributed by atoms with Crippen LogP contribution in [-0.4, -0.2) is 0 Å². The predicted molar refractivity (Wildman–Crippen MR) is 80.1 cm³/mol. The summed E-state index contributed by atoms with van der Waals surface area (Å²) in [6, 6.07) is 0. The van der Waals surface area contributed by atoms with Crippen molar-refractivity contribution in [2.75, 3.05) is 0 Å². The predicted octanol–water partition coefficient (Wildman–Crippen LogP) is 6.61. The van der Waals surface area contributed by atoms with Crippen LogP contribution in [-0.2, 0) is 0 Å². The second kappa shape index (κ2) is 24.1. The van der Waals surface area contributed by atoms with Crippen LogP contribution in [0.25, 0.3) is 0 Å². The van der Waals surface area contributed by atoms with Gasteiger partial charge in [0, 0.05) is 0 Å². The number of hydrogen-bond acceptors (Lipinski definition) is 0. The van der Waals surface area contributed by atoms with E-state index in [2.05, 4.69) is 19.1 Å². The van der Waals surface area contributed by atoms with Crippen LogP contribution in [0, 0.1) is 5.92 Å². The van der Waals surface area contributed by atoms with Crippen LogP contribution in [0.1, 0.15) is 87.0 Å². The number of allylic oxidation sites excluding steroid dienone is 2. The summed E-state index contributed by atoms with van der Waals surface area (Å²) in [5, 5.41) is 0. The van der Waals surface area contributed by atoms with Crippen molar-refractivity contribution in [1.29, 1.82) is 0 Å². The Morgan fingerprint density at radius 1 is 0.812 bits per heavy atom. The zero-order chi connectivity index (χ0) is 13.2. The molecule has 0 nitrogen and oxygen atoms in total. The van der Waals surface area contributed by atoms with E-state index in [1.165, 1.54) is 38.5 Å². The normalized spacial score (nSPS) is 14.9. The molecule has 0 aromatic heterocycles. The van der Waals surface area contributed by atoms with Gasteiger partial charge in [0.2, 0.25) is 0 Å². The van der Waals surface area contributed by atoms with E-state index in [0.717, 1.165) is 5.92 Å². The van der Waals surface area contributed by atoms with Gasteiger partial charge >= 0.3 is 0 Å². The maximum atomic E-state index is 2.42. The molecule has 0 atom stereocenters. The molecule has 0 N–H and O–H groups in total. The van der Waals surface area contributed by atoms with Crippen LogP contribution in [0.4, 0.5) is 0 Å². The van der Waals surface area contributed by atoms with E-state index in [0.29, 0.717) is 0 Å². The first-order valence-electron chi connectivity index (χ1n) is 7.60. The van der Waals surface area contributed by atoms with Gasteiger partial charge in [-0.3, -0.25) is 0 Å². The van der Waals surface area contributed by atoms with Gasteiger partial charge in [-0.15, -0.1) is 0 Å². The Bertz CT molecular complexity index is 96.6. The molecule has 0 unspecified atom stereocenters. The fourth-order valence-corrected chi connectivity index (χ4v) is 1.66. The third-order valence-electron chi connectivity index (χ3n) is 2.29. The smallest absolute Gasteiger partial charge is 0.0234 e. The molecule has 0 bridgehead atoms. The zero-order valence-electron chi connectivity index (χ0n) is 13.0. The molecule has 100 valence electrons. The van der Waals surface area contributed by atoms with Crippen LogP contribution in [0.5, 0.6) is 0 Å². The van der Waals surface area contributed by atoms with E-state index in [-0.39, 0.29) is 0 Å². The first-order chi connectivity index (χ1) is 7.93. The zero-order valence-corrected chi connectivity index (χ0v) is 13.0. The van der Waals surface area contributed by atoms with E-state index in [1.807, 2.05) is 41.5 Å². The van der Waals surface area contributed by atoms with Crippen LogP contribution < -0.4 is 0 Å². The average molecular weight is 228 g/mol. The fraction of sp³-hybridized carbons (Fsp3) is 0.875. The molecule has 0 saturated heterocycles. The molecule has 0 amide bonds. The van der Waals surface area contributed by atoms with Gasteiger partial charge in [0.15, 0.2) is 0 Å². The minimum absolute atomic E-state index is 0.925. The lowest BCUT2D eigenvalue weighted by molar-refractivity contribution is 0.419. The third kappa shape index (κ3) is 16.2. The third-order valence-corrected chi connectivity index (χ3v) is 2.29. The van der Waals surface area contributed by atoms with Crippen molar-refractivity contribution in [2.45, 2.75) is 87.0 Å². The molecule has 0 aromatic rings. The first kappa shape index (κ1) is 21.1. The van der Waals surface area contributed by atoms with Gasteiger partial charge in [0.05, 0.1) is 0 Å². The van der Waals surface area contributed by atoms with Crippen molar-refractivity contribution in [3.63, 3.8) is 0 Å². The Morgan fingerprint density at radius 2 is 1.25 bits per heavy atom. The van der Waals surface area contributed by atoms with Gasteiger partial charge in [-0.1, -0.05) is 79.9 Å². The standard InChI is InChI=1S/C10H18.3C2H6/c1-2-3-7-10-8-5-4-6-9-10;3*1-2/h3,7,10H,2,4-6,8-9H2,1H3;3*1-2H3. The van der Waals surface area contributed by atoms with Crippen molar-refractivity contribution < 1.29 is 0 Å². The molecule has 0 aromatic carbocycles. The minimum Gasteiger partial charge on any atom is -0.0885 e. The van der Waals surface area contributed by atoms with Gasteiger partial charge in [-0.05, 0) is 25.2 Å². The minimum atomic E-state index is 0.925. The van der Waals surface area contributed by atoms with E-state index >= 15 is 0 Å². The Morgan fingerprint density at radius 3 is 1.62 bits per heavy atom. The van der Waals surface area contributed by atoms with E-state index < -0.39 is 0 Å². The summed E-state index contributed by atoms with van der Waals surface area (Å²) in [4.78, 5) is 0. The molecule has 0 heteroatoms. The lowest BCUT2D eigenvalue weighted by Gasteiger charge is -2.17. The van der Waals surface area contributed by atoms with Gasteiger partial charge in [0.25, 0.3) is 0 Å². The Kier molecular flexibility index (Phi) is 31.8. The monoisotopic (exact) mass is 228 g/mol. The summed E-state index contributed by atoms with van der Waals surface area (Å²) in [7, 11) is 0. The maximum Gasteiger partial charge on any atom is -0.0234 e. The van der Waals surface area contributed by atoms with Crippen molar-refractivity contribution in [2.24, 2.45) is 5.92 Å². The molecule has 0 spiro atoms. The van der Waals surface area contributed by atoms with Crippen LogP contribution in [0.2, 0.25) is 0 Å². The van der Waals surface area contributed by atoms with Gasteiger partial charge in [-0.2, -0.15) is 0 Å².